The van der Waals surface area contributed by atoms with Gasteiger partial charge in [-0.25, -0.2) is 9.37 Å². The van der Waals surface area contributed by atoms with Gasteiger partial charge in [0.15, 0.2) is 0 Å². The Balaban J connectivity index is 1.53. The summed E-state index contributed by atoms with van der Waals surface area (Å²) in [4.78, 5) is 4.49. The highest BCUT2D eigenvalue weighted by atomic mass is 35.5. The van der Waals surface area contributed by atoms with Crippen LogP contribution in [-0.2, 0) is 0 Å². The number of halogens is 3. The average Bonchev–Trinajstić information content (AvgIpc) is 3.29. The molecular weight excluding hydrogens is 442 g/mol. The van der Waals surface area contributed by atoms with Crippen molar-refractivity contribution in [3.05, 3.63) is 86.7 Å². The van der Waals surface area contributed by atoms with Crippen LogP contribution in [0.25, 0.3) is 16.9 Å². The van der Waals surface area contributed by atoms with Crippen molar-refractivity contribution in [2.45, 2.75) is 13.8 Å². The number of aryl methyl sites for hydroxylation is 1. The van der Waals surface area contributed by atoms with Gasteiger partial charge in [-0.2, -0.15) is 5.10 Å². The highest BCUT2D eigenvalue weighted by molar-refractivity contribution is 7.14. The normalized spacial score (nSPS) is 11.4. The zero-order valence-corrected chi connectivity index (χ0v) is 18.5. The Morgan fingerprint density at radius 1 is 1.10 bits per heavy atom. The van der Waals surface area contributed by atoms with Crippen LogP contribution in [0.5, 0.6) is 0 Å². The van der Waals surface area contributed by atoms with E-state index in [0.717, 1.165) is 33.9 Å². The summed E-state index contributed by atoms with van der Waals surface area (Å²) < 4.78 is 15.1. The molecule has 0 spiro atoms. The molecule has 8 heteroatoms. The molecule has 0 saturated heterocycles. The predicted molar refractivity (Wildman–Crippen MR) is 124 cm³/mol. The summed E-state index contributed by atoms with van der Waals surface area (Å²) in [5.41, 5.74) is 8.37. The first-order valence-electron chi connectivity index (χ1n) is 9.07. The van der Waals surface area contributed by atoms with Gasteiger partial charge in [-0.15, -0.1) is 11.3 Å². The molecule has 4 rings (SSSR count). The second kappa shape index (κ2) is 8.60. The number of nitrogens with one attached hydrogen (secondary N) is 1. The first-order chi connectivity index (χ1) is 14.4. The van der Waals surface area contributed by atoms with Gasteiger partial charge in [0, 0.05) is 32.9 Å². The minimum absolute atomic E-state index is 0.270. The maximum Gasteiger partial charge on any atom is 0.203 e. The maximum atomic E-state index is 13.1. The number of hydrazone groups is 1. The second-order valence-electron chi connectivity index (χ2n) is 6.67. The molecule has 0 aliphatic carbocycles. The van der Waals surface area contributed by atoms with Crippen LogP contribution in [0.1, 0.15) is 17.0 Å². The van der Waals surface area contributed by atoms with Crippen molar-refractivity contribution in [3.63, 3.8) is 0 Å². The molecule has 0 atom stereocenters. The molecule has 152 valence electrons. The van der Waals surface area contributed by atoms with Crippen molar-refractivity contribution in [2.75, 3.05) is 5.43 Å². The number of nitrogens with zero attached hydrogens (tertiary/aromatic N) is 3. The first-order valence-corrected chi connectivity index (χ1v) is 10.7. The molecule has 2 heterocycles. The first kappa shape index (κ1) is 20.6. The van der Waals surface area contributed by atoms with E-state index >= 15 is 0 Å². The van der Waals surface area contributed by atoms with Crippen LogP contribution < -0.4 is 5.43 Å². The van der Waals surface area contributed by atoms with E-state index in [1.54, 1.807) is 30.5 Å². The topological polar surface area (TPSA) is 42.2 Å². The summed E-state index contributed by atoms with van der Waals surface area (Å²) in [6, 6.07) is 13.7. The summed E-state index contributed by atoms with van der Waals surface area (Å²) in [6.45, 7) is 4.01. The molecular formula is C22H17Cl2FN4S. The highest BCUT2D eigenvalue weighted by Crippen LogP contribution is 2.29. The molecule has 4 aromatic rings. The van der Waals surface area contributed by atoms with Crippen LogP contribution >= 0.6 is 34.5 Å². The van der Waals surface area contributed by atoms with Gasteiger partial charge >= 0.3 is 0 Å². The lowest BCUT2D eigenvalue weighted by Crippen LogP contribution is -2.00. The van der Waals surface area contributed by atoms with Crippen LogP contribution in [0, 0.1) is 19.7 Å². The van der Waals surface area contributed by atoms with E-state index in [9.17, 15) is 4.39 Å². The van der Waals surface area contributed by atoms with Crippen LogP contribution in [0.3, 0.4) is 0 Å². The van der Waals surface area contributed by atoms with Gasteiger partial charge in [-0.1, -0.05) is 23.2 Å². The molecule has 0 fully saturated rings. The van der Waals surface area contributed by atoms with Gasteiger partial charge in [0.25, 0.3) is 0 Å². The van der Waals surface area contributed by atoms with Gasteiger partial charge in [0.2, 0.25) is 5.13 Å². The second-order valence-corrected chi connectivity index (χ2v) is 8.37. The van der Waals surface area contributed by atoms with Crippen LogP contribution in [0.4, 0.5) is 9.52 Å². The van der Waals surface area contributed by atoms with Gasteiger partial charge < -0.3 is 4.57 Å². The Labute approximate surface area is 187 Å². The predicted octanol–water partition coefficient (Wildman–Crippen LogP) is 7.11. The number of hydrogen-bond acceptors (Lipinski definition) is 4. The fraction of sp³-hybridized carbons (Fsp3) is 0.0909. The molecule has 0 amide bonds. The molecule has 0 aliphatic rings. The number of benzene rings is 2. The molecule has 0 unspecified atom stereocenters. The van der Waals surface area contributed by atoms with Crippen molar-refractivity contribution in [1.82, 2.24) is 9.55 Å². The van der Waals surface area contributed by atoms with Crippen LogP contribution in [0.2, 0.25) is 10.0 Å². The molecule has 2 aromatic carbocycles. The van der Waals surface area contributed by atoms with Gasteiger partial charge in [0.05, 0.1) is 22.6 Å². The van der Waals surface area contributed by atoms with Crippen molar-refractivity contribution in [2.24, 2.45) is 5.10 Å². The van der Waals surface area contributed by atoms with Crippen LogP contribution in [-0.4, -0.2) is 15.8 Å². The highest BCUT2D eigenvalue weighted by Gasteiger charge is 2.13. The number of aromatic nitrogens is 2. The molecule has 4 nitrogen and oxygen atoms in total. The summed E-state index contributed by atoms with van der Waals surface area (Å²) >= 11 is 14.0. The van der Waals surface area contributed by atoms with E-state index in [4.69, 9.17) is 23.2 Å². The monoisotopic (exact) mass is 458 g/mol. The average molecular weight is 459 g/mol. The molecule has 30 heavy (non-hydrogen) atoms. The Hall–Kier alpha value is -2.67. The van der Waals surface area contributed by atoms with E-state index in [1.165, 1.54) is 23.5 Å². The van der Waals surface area contributed by atoms with Crippen molar-refractivity contribution >= 4 is 45.9 Å². The number of thiazole rings is 1. The summed E-state index contributed by atoms with van der Waals surface area (Å²) in [5.74, 6) is -0.270. The summed E-state index contributed by atoms with van der Waals surface area (Å²) in [5, 5.41) is 8.12. The SMILES string of the molecule is Cc1cc(C=NNc2nc(-c3ccc(F)cc3)cs2)c(C)n1-c1cc(Cl)ccc1Cl. The summed E-state index contributed by atoms with van der Waals surface area (Å²) in [7, 11) is 0. The largest absolute Gasteiger partial charge is 0.316 e. The van der Waals surface area contributed by atoms with Crippen molar-refractivity contribution < 1.29 is 4.39 Å². The zero-order chi connectivity index (χ0) is 21.3. The third kappa shape index (κ3) is 4.26. The Morgan fingerprint density at radius 3 is 2.63 bits per heavy atom. The standard InChI is InChI=1S/C22H17Cl2FN4S/c1-13-9-16(14(2)29(13)21-10-17(23)5-8-19(21)24)11-26-28-22-27-20(12-30-22)15-3-6-18(25)7-4-15/h3-12H,1-2H3,(H,27,28). The molecule has 2 aromatic heterocycles. The maximum absolute atomic E-state index is 13.1. The fourth-order valence-corrected chi connectivity index (χ4v) is 4.22. The van der Waals surface area contributed by atoms with E-state index < -0.39 is 0 Å². The molecule has 0 saturated carbocycles. The Kier molecular flexibility index (Phi) is 5.90. The molecule has 0 radical (unpaired) electrons. The Morgan fingerprint density at radius 2 is 1.87 bits per heavy atom. The Bertz CT molecular complexity index is 1230. The third-order valence-electron chi connectivity index (χ3n) is 4.63. The lowest BCUT2D eigenvalue weighted by atomic mass is 10.2. The van der Waals surface area contributed by atoms with Crippen molar-refractivity contribution in [1.29, 1.82) is 0 Å². The lowest BCUT2D eigenvalue weighted by Gasteiger charge is -2.12. The number of rotatable bonds is 5. The fourth-order valence-electron chi connectivity index (χ4n) is 3.18. The van der Waals surface area contributed by atoms with E-state index in [1.807, 2.05) is 35.9 Å². The summed E-state index contributed by atoms with van der Waals surface area (Å²) in [6.07, 6.45) is 1.75. The van der Waals surface area contributed by atoms with Gasteiger partial charge in [-0.3, -0.25) is 5.43 Å². The third-order valence-corrected chi connectivity index (χ3v) is 5.93. The minimum atomic E-state index is -0.270. The molecule has 0 aliphatic heterocycles. The van der Waals surface area contributed by atoms with E-state index in [2.05, 4.69) is 15.5 Å². The number of anilines is 1. The van der Waals surface area contributed by atoms with Crippen molar-refractivity contribution in [3.8, 4) is 16.9 Å². The zero-order valence-electron chi connectivity index (χ0n) is 16.2. The smallest absolute Gasteiger partial charge is 0.203 e. The van der Waals surface area contributed by atoms with Gasteiger partial charge in [0.1, 0.15) is 5.82 Å². The minimum Gasteiger partial charge on any atom is -0.316 e. The van der Waals surface area contributed by atoms with Gasteiger partial charge in [-0.05, 0) is 62.4 Å². The lowest BCUT2D eigenvalue weighted by molar-refractivity contribution is 0.628. The quantitative estimate of drug-likeness (QED) is 0.255. The van der Waals surface area contributed by atoms with E-state index in [0.29, 0.717) is 15.2 Å². The molecule has 0 bridgehead atoms. The van der Waals surface area contributed by atoms with E-state index in [-0.39, 0.29) is 5.82 Å². The molecule has 1 N–H and O–H groups in total. The number of hydrogen-bond donors (Lipinski definition) is 1. The van der Waals surface area contributed by atoms with Crippen LogP contribution in [0.15, 0.2) is 59.0 Å².